The van der Waals surface area contributed by atoms with Crippen LogP contribution in [-0.2, 0) is 9.59 Å². The van der Waals surface area contributed by atoms with Crippen molar-refractivity contribution in [2.75, 3.05) is 13.1 Å². The van der Waals surface area contributed by atoms with Crippen LogP contribution in [0.2, 0.25) is 0 Å². The van der Waals surface area contributed by atoms with Crippen molar-refractivity contribution in [3.8, 4) is 0 Å². The van der Waals surface area contributed by atoms with Gasteiger partial charge in [-0.05, 0) is 18.8 Å². The van der Waals surface area contributed by atoms with E-state index in [1.54, 1.807) is 6.92 Å². The number of likely N-dealkylation sites (tertiary alicyclic amines) is 1. The van der Waals surface area contributed by atoms with E-state index < -0.39 is 0 Å². The topological polar surface area (TPSA) is 49.4 Å². The van der Waals surface area contributed by atoms with E-state index in [4.69, 9.17) is 0 Å². The minimum Gasteiger partial charge on any atom is -0.352 e. The minimum atomic E-state index is 0.0000361. The number of rotatable bonds is 5. The molecule has 1 saturated heterocycles. The summed E-state index contributed by atoms with van der Waals surface area (Å²) < 4.78 is 0. The summed E-state index contributed by atoms with van der Waals surface area (Å²) in [5.74, 6) is 0.734. The molecule has 0 bridgehead atoms. The SMILES string of the molecule is CCCCC1CC(NC(C)=O)CN(C(=O)CC)C1. The number of hydrogen-bond donors (Lipinski definition) is 1. The van der Waals surface area contributed by atoms with Gasteiger partial charge >= 0.3 is 0 Å². The third-order valence-corrected chi connectivity index (χ3v) is 3.57. The van der Waals surface area contributed by atoms with E-state index in [1.807, 2.05) is 11.8 Å². The number of carbonyl (C=O) groups is 2. The molecule has 1 N–H and O–H groups in total. The quantitative estimate of drug-likeness (QED) is 0.815. The van der Waals surface area contributed by atoms with Gasteiger partial charge in [-0.25, -0.2) is 0 Å². The van der Waals surface area contributed by atoms with Crippen LogP contribution in [0.15, 0.2) is 0 Å². The smallest absolute Gasteiger partial charge is 0.222 e. The molecule has 1 heterocycles. The van der Waals surface area contributed by atoms with Gasteiger partial charge in [-0.15, -0.1) is 0 Å². The molecule has 0 saturated carbocycles. The fourth-order valence-corrected chi connectivity index (χ4v) is 2.72. The van der Waals surface area contributed by atoms with Gasteiger partial charge in [0.1, 0.15) is 0 Å². The number of hydrogen-bond acceptors (Lipinski definition) is 2. The summed E-state index contributed by atoms with van der Waals surface area (Å²) in [6, 6.07) is 0.133. The van der Waals surface area contributed by atoms with E-state index in [0.29, 0.717) is 18.9 Å². The molecular formula is C14H26N2O2. The number of unbranched alkanes of at least 4 members (excludes halogenated alkanes) is 1. The normalized spacial score (nSPS) is 23.8. The Morgan fingerprint density at radius 2 is 2.00 bits per heavy atom. The third kappa shape index (κ3) is 4.67. The molecule has 2 atom stereocenters. The molecule has 0 radical (unpaired) electrons. The van der Waals surface area contributed by atoms with Crippen molar-refractivity contribution in [1.29, 1.82) is 0 Å². The van der Waals surface area contributed by atoms with Gasteiger partial charge in [0.25, 0.3) is 0 Å². The molecule has 1 aliphatic heterocycles. The molecule has 2 amide bonds. The first-order valence-corrected chi connectivity index (χ1v) is 7.11. The highest BCUT2D eigenvalue weighted by Crippen LogP contribution is 2.22. The molecule has 104 valence electrons. The largest absolute Gasteiger partial charge is 0.352 e. The van der Waals surface area contributed by atoms with E-state index in [9.17, 15) is 9.59 Å². The van der Waals surface area contributed by atoms with Crippen molar-refractivity contribution < 1.29 is 9.59 Å². The highest BCUT2D eigenvalue weighted by atomic mass is 16.2. The van der Waals surface area contributed by atoms with Crippen LogP contribution in [0.1, 0.15) is 52.9 Å². The Balaban J connectivity index is 2.59. The fourth-order valence-electron chi connectivity index (χ4n) is 2.72. The summed E-state index contributed by atoms with van der Waals surface area (Å²) >= 11 is 0. The molecule has 0 aromatic rings. The summed E-state index contributed by atoms with van der Waals surface area (Å²) in [6.45, 7) is 7.16. The van der Waals surface area contributed by atoms with Crippen LogP contribution in [0.25, 0.3) is 0 Å². The highest BCUT2D eigenvalue weighted by Gasteiger charge is 2.29. The zero-order valence-electron chi connectivity index (χ0n) is 11.9. The van der Waals surface area contributed by atoms with Crippen molar-refractivity contribution in [2.45, 2.75) is 58.9 Å². The number of piperidine rings is 1. The molecule has 0 spiro atoms. The first-order valence-electron chi connectivity index (χ1n) is 7.11. The summed E-state index contributed by atoms with van der Waals surface area (Å²) in [4.78, 5) is 24.9. The van der Waals surface area contributed by atoms with Gasteiger partial charge in [-0.3, -0.25) is 9.59 Å². The lowest BCUT2D eigenvalue weighted by Gasteiger charge is -2.38. The van der Waals surface area contributed by atoms with Gasteiger partial charge in [0, 0.05) is 32.5 Å². The Morgan fingerprint density at radius 3 is 2.56 bits per heavy atom. The van der Waals surface area contributed by atoms with Gasteiger partial charge in [-0.1, -0.05) is 26.7 Å². The number of nitrogens with one attached hydrogen (secondary N) is 1. The summed E-state index contributed by atoms with van der Waals surface area (Å²) in [5.41, 5.74) is 0. The van der Waals surface area contributed by atoms with Gasteiger partial charge < -0.3 is 10.2 Å². The van der Waals surface area contributed by atoms with E-state index in [-0.39, 0.29) is 17.9 Å². The molecular weight excluding hydrogens is 228 g/mol. The van der Waals surface area contributed by atoms with Crippen LogP contribution >= 0.6 is 0 Å². The average molecular weight is 254 g/mol. The molecule has 1 fully saturated rings. The molecule has 4 nitrogen and oxygen atoms in total. The predicted molar refractivity (Wildman–Crippen MR) is 72.1 cm³/mol. The lowest BCUT2D eigenvalue weighted by molar-refractivity contribution is -0.134. The monoisotopic (exact) mass is 254 g/mol. The van der Waals surface area contributed by atoms with Gasteiger partial charge in [0.05, 0.1) is 0 Å². The van der Waals surface area contributed by atoms with Crippen molar-refractivity contribution in [3.63, 3.8) is 0 Å². The van der Waals surface area contributed by atoms with E-state index in [2.05, 4.69) is 12.2 Å². The second-order valence-electron chi connectivity index (χ2n) is 5.29. The van der Waals surface area contributed by atoms with Crippen LogP contribution in [0, 0.1) is 5.92 Å². The molecule has 4 heteroatoms. The molecule has 0 aromatic heterocycles. The Morgan fingerprint density at radius 1 is 1.28 bits per heavy atom. The lowest BCUT2D eigenvalue weighted by Crippen LogP contribution is -2.52. The number of amides is 2. The predicted octanol–water partition coefficient (Wildman–Crippen LogP) is 1.94. The molecule has 2 unspecified atom stereocenters. The van der Waals surface area contributed by atoms with Crippen LogP contribution in [0.3, 0.4) is 0 Å². The van der Waals surface area contributed by atoms with Crippen LogP contribution in [0.4, 0.5) is 0 Å². The zero-order chi connectivity index (χ0) is 13.5. The second kappa shape index (κ2) is 7.39. The molecule has 18 heavy (non-hydrogen) atoms. The average Bonchev–Trinajstić information content (AvgIpc) is 2.34. The maximum absolute atomic E-state index is 11.8. The van der Waals surface area contributed by atoms with Crippen molar-refractivity contribution >= 4 is 11.8 Å². The molecule has 0 aliphatic carbocycles. The fraction of sp³-hybridized carbons (Fsp3) is 0.857. The number of nitrogens with zero attached hydrogens (tertiary/aromatic N) is 1. The molecule has 0 aromatic carbocycles. The first kappa shape index (κ1) is 15.0. The van der Waals surface area contributed by atoms with Crippen molar-refractivity contribution in [2.24, 2.45) is 5.92 Å². The summed E-state index contributed by atoms with van der Waals surface area (Å²) in [6.07, 6.45) is 5.09. The zero-order valence-corrected chi connectivity index (χ0v) is 11.9. The summed E-state index contributed by atoms with van der Waals surface area (Å²) in [7, 11) is 0. The highest BCUT2D eigenvalue weighted by molar-refractivity contribution is 5.76. The molecule has 1 aliphatic rings. The van der Waals surface area contributed by atoms with Crippen molar-refractivity contribution in [3.05, 3.63) is 0 Å². The van der Waals surface area contributed by atoms with Gasteiger partial charge in [0.2, 0.25) is 11.8 Å². The molecule has 1 rings (SSSR count). The van der Waals surface area contributed by atoms with E-state index in [0.717, 1.165) is 19.4 Å². The Hall–Kier alpha value is -1.06. The van der Waals surface area contributed by atoms with Crippen molar-refractivity contribution in [1.82, 2.24) is 10.2 Å². The van der Waals surface area contributed by atoms with Crippen LogP contribution < -0.4 is 5.32 Å². The lowest BCUT2D eigenvalue weighted by atomic mass is 9.89. The van der Waals surface area contributed by atoms with E-state index >= 15 is 0 Å². The Bertz CT molecular complexity index is 292. The van der Waals surface area contributed by atoms with E-state index in [1.165, 1.54) is 12.8 Å². The second-order valence-corrected chi connectivity index (χ2v) is 5.29. The first-order chi connectivity index (χ1) is 8.56. The standard InChI is InChI=1S/C14H26N2O2/c1-4-6-7-12-8-13(15-11(3)17)10-16(9-12)14(18)5-2/h12-13H,4-10H2,1-3H3,(H,15,17). The Kier molecular flexibility index (Phi) is 6.16. The van der Waals surface area contributed by atoms with Gasteiger partial charge in [-0.2, -0.15) is 0 Å². The van der Waals surface area contributed by atoms with Gasteiger partial charge in [0.15, 0.2) is 0 Å². The minimum absolute atomic E-state index is 0.0000361. The van der Waals surface area contributed by atoms with Crippen LogP contribution in [-0.4, -0.2) is 35.8 Å². The maximum atomic E-state index is 11.8. The maximum Gasteiger partial charge on any atom is 0.222 e. The third-order valence-electron chi connectivity index (χ3n) is 3.57. The van der Waals surface area contributed by atoms with Crippen LogP contribution in [0.5, 0.6) is 0 Å². The Labute approximate surface area is 110 Å². The number of carbonyl (C=O) groups excluding carboxylic acids is 2. The summed E-state index contributed by atoms with van der Waals surface area (Å²) in [5, 5.41) is 2.96.